The molecule has 1 unspecified atom stereocenters. The molecule has 5 heteroatoms. The average Bonchev–Trinajstić information content (AvgIpc) is 2.47. The highest BCUT2D eigenvalue weighted by Gasteiger charge is 2.37. The molecule has 2 aromatic carbocycles. The number of carbonyl (C=O) groups is 1. The number of rotatable bonds is 5. The van der Waals surface area contributed by atoms with Gasteiger partial charge in [0.2, 0.25) is 0 Å². The van der Waals surface area contributed by atoms with E-state index in [1.54, 1.807) is 30.3 Å². The molecule has 0 saturated carbocycles. The Morgan fingerprint density at radius 3 is 2.57 bits per heavy atom. The van der Waals surface area contributed by atoms with Crippen molar-refractivity contribution in [2.24, 2.45) is 0 Å². The summed E-state index contributed by atoms with van der Waals surface area (Å²) in [5.41, 5.74) is -0.601. The molecule has 0 heterocycles. The van der Waals surface area contributed by atoms with Crippen LogP contribution in [-0.4, -0.2) is 18.2 Å². The monoisotopic (exact) mass is 289 g/mol. The third kappa shape index (κ3) is 2.97. The molecule has 0 fully saturated rings. The average molecular weight is 289 g/mol. The number of hydrogen-bond acceptors (Lipinski definition) is 3. The number of para-hydroxylation sites is 1. The standard InChI is InChI=1S/C16H16FNO3/c1-16(15(19)20,13-8-3-4-9-14(13)21-2)18-12-7-5-6-11(17)10-12/h3-10,18H,1-2H3,(H,19,20). The van der Waals surface area contributed by atoms with Crippen LogP contribution < -0.4 is 10.1 Å². The van der Waals surface area contributed by atoms with Crippen LogP contribution in [0.25, 0.3) is 0 Å². The lowest BCUT2D eigenvalue weighted by atomic mass is 9.90. The van der Waals surface area contributed by atoms with Crippen LogP contribution in [0.1, 0.15) is 12.5 Å². The number of methoxy groups -OCH3 is 1. The van der Waals surface area contributed by atoms with Gasteiger partial charge in [-0.15, -0.1) is 0 Å². The number of carboxylic acid groups (broad SMARTS) is 1. The maximum Gasteiger partial charge on any atom is 0.333 e. The third-order valence-corrected chi connectivity index (χ3v) is 3.29. The molecule has 2 N–H and O–H groups in total. The molecule has 0 radical (unpaired) electrons. The van der Waals surface area contributed by atoms with Crippen molar-refractivity contribution in [2.45, 2.75) is 12.5 Å². The Morgan fingerprint density at radius 2 is 1.95 bits per heavy atom. The van der Waals surface area contributed by atoms with Crippen molar-refractivity contribution >= 4 is 11.7 Å². The Morgan fingerprint density at radius 1 is 1.24 bits per heavy atom. The molecule has 0 aliphatic heterocycles. The zero-order valence-electron chi connectivity index (χ0n) is 11.8. The molecule has 0 amide bonds. The number of carboxylic acids is 1. The topological polar surface area (TPSA) is 58.6 Å². The van der Waals surface area contributed by atoms with Crippen LogP contribution in [-0.2, 0) is 10.3 Å². The molecule has 21 heavy (non-hydrogen) atoms. The van der Waals surface area contributed by atoms with Gasteiger partial charge in [0.15, 0.2) is 5.54 Å². The summed E-state index contributed by atoms with van der Waals surface area (Å²) >= 11 is 0. The predicted octanol–water partition coefficient (Wildman–Crippen LogP) is 3.25. The zero-order chi connectivity index (χ0) is 15.5. The largest absolute Gasteiger partial charge is 0.496 e. The van der Waals surface area contributed by atoms with Crippen molar-refractivity contribution in [1.82, 2.24) is 0 Å². The van der Waals surface area contributed by atoms with E-state index >= 15 is 0 Å². The Bertz CT molecular complexity index is 659. The molecular weight excluding hydrogens is 273 g/mol. The summed E-state index contributed by atoms with van der Waals surface area (Å²) in [6.45, 7) is 1.51. The van der Waals surface area contributed by atoms with Gasteiger partial charge in [0.1, 0.15) is 11.6 Å². The zero-order valence-corrected chi connectivity index (χ0v) is 11.8. The van der Waals surface area contributed by atoms with Gasteiger partial charge in [-0.25, -0.2) is 9.18 Å². The van der Waals surface area contributed by atoms with Crippen molar-refractivity contribution in [3.8, 4) is 5.75 Å². The summed E-state index contributed by atoms with van der Waals surface area (Å²) < 4.78 is 18.5. The molecule has 1 atom stereocenters. The number of nitrogens with one attached hydrogen (secondary N) is 1. The van der Waals surface area contributed by atoms with Gasteiger partial charge in [0.05, 0.1) is 7.11 Å². The molecule has 0 aliphatic rings. The maximum atomic E-state index is 13.3. The molecule has 2 rings (SSSR count). The summed E-state index contributed by atoms with van der Waals surface area (Å²) in [5, 5.41) is 12.5. The van der Waals surface area contributed by atoms with Gasteiger partial charge in [-0.05, 0) is 31.2 Å². The maximum absolute atomic E-state index is 13.3. The van der Waals surface area contributed by atoms with Crippen LogP contribution in [0.2, 0.25) is 0 Å². The number of benzene rings is 2. The second kappa shape index (κ2) is 5.83. The lowest BCUT2D eigenvalue weighted by Crippen LogP contribution is -2.40. The lowest BCUT2D eigenvalue weighted by molar-refractivity contribution is -0.142. The van der Waals surface area contributed by atoms with E-state index in [4.69, 9.17) is 4.74 Å². The first kappa shape index (κ1) is 14.8. The molecule has 0 aliphatic carbocycles. The van der Waals surface area contributed by atoms with E-state index in [0.29, 0.717) is 17.0 Å². The van der Waals surface area contributed by atoms with Gasteiger partial charge in [-0.3, -0.25) is 0 Å². The third-order valence-electron chi connectivity index (χ3n) is 3.29. The first-order chi connectivity index (χ1) is 9.97. The van der Waals surface area contributed by atoms with Crippen LogP contribution in [0, 0.1) is 5.82 Å². The van der Waals surface area contributed by atoms with Gasteiger partial charge in [0.25, 0.3) is 0 Å². The number of halogens is 1. The Kier molecular flexibility index (Phi) is 4.12. The van der Waals surface area contributed by atoms with Crippen molar-refractivity contribution in [2.75, 3.05) is 12.4 Å². The van der Waals surface area contributed by atoms with Gasteiger partial charge in [-0.1, -0.05) is 24.3 Å². The summed E-state index contributed by atoms with van der Waals surface area (Å²) in [7, 11) is 1.48. The molecule has 0 saturated heterocycles. The minimum absolute atomic E-state index is 0.380. The van der Waals surface area contributed by atoms with E-state index in [1.807, 2.05) is 0 Å². The van der Waals surface area contributed by atoms with Crippen molar-refractivity contribution in [1.29, 1.82) is 0 Å². The van der Waals surface area contributed by atoms with E-state index < -0.39 is 17.3 Å². The van der Waals surface area contributed by atoms with Gasteiger partial charge < -0.3 is 15.2 Å². The minimum Gasteiger partial charge on any atom is -0.496 e. The van der Waals surface area contributed by atoms with Crippen molar-refractivity contribution in [3.63, 3.8) is 0 Å². The van der Waals surface area contributed by atoms with Crippen LogP contribution in [0.15, 0.2) is 48.5 Å². The van der Waals surface area contributed by atoms with E-state index in [1.165, 1.54) is 32.2 Å². The quantitative estimate of drug-likeness (QED) is 0.887. The highest BCUT2D eigenvalue weighted by Crippen LogP contribution is 2.33. The number of anilines is 1. The van der Waals surface area contributed by atoms with Crippen LogP contribution in [0.5, 0.6) is 5.75 Å². The van der Waals surface area contributed by atoms with E-state index in [9.17, 15) is 14.3 Å². The lowest BCUT2D eigenvalue weighted by Gasteiger charge is -2.29. The molecule has 0 bridgehead atoms. The molecule has 4 nitrogen and oxygen atoms in total. The van der Waals surface area contributed by atoms with Crippen LogP contribution in [0.3, 0.4) is 0 Å². The summed E-state index contributed by atoms with van der Waals surface area (Å²) in [6.07, 6.45) is 0. The highest BCUT2D eigenvalue weighted by molar-refractivity contribution is 5.85. The molecule has 2 aromatic rings. The van der Waals surface area contributed by atoms with Gasteiger partial charge in [-0.2, -0.15) is 0 Å². The fourth-order valence-corrected chi connectivity index (χ4v) is 2.15. The van der Waals surface area contributed by atoms with Crippen molar-refractivity contribution in [3.05, 3.63) is 59.9 Å². The summed E-state index contributed by atoms with van der Waals surface area (Å²) in [5.74, 6) is -1.07. The Balaban J connectivity index is 2.48. The SMILES string of the molecule is COc1ccccc1C(C)(Nc1cccc(F)c1)C(=O)O. The van der Waals surface area contributed by atoms with Crippen LogP contribution >= 0.6 is 0 Å². The fourth-order valence-electron chi connectivity index (χ4n) is 2.15. The highest BCUT2D eigenvalue weighted by atomic mass is 19.1. The Labute approximate surface area is 122 Å². The molecule has 0 spiro atoms. The van der Waals surface area contributed by atoms with E-state index in [-0.39, 0.29) is 0 Å². The van der Waals surface area contributed by atoms with E-state index in [2.05, 4.69) is 5.32 Å². The van der Waals surface area contributed by atoms with Crippen molar-refractivity contribution < 1.29 is 19.0 Å². The molecule has 110 valence electrons. The molecular formula is C16H16FNO3. The summed E-state index contributed by atoms with van der Waals surface area (Å²) in [6, 6.07) is 12.5. The smallest absolute Gasteiger partial charge is 0.333 e. The van der Waals surface area contributed by atoms with Gasteiger partial charge >= 0.3 is 5.97 Å². The normalized spacial score (nSPS) is 13.3. The minimum atomic E-state index is -1.44. The Hall–Kier alpha value is -2.56. The second-order valence-electron chi connectivity index (χ2n) is 4.77. The van der Waals surface area contributed by atoms with Crippen LogP contribution in [0.4, 0.5) is 10.1 Å². The molecule has 0 aromatic heterocycles. The number of hydrogen-bond donors (Lipinski definition) is 2. The second-order valence-corrected chi connectivity index (χ2v) is 4.77. The number of aliphatic carboxylic acids is 1. The first-order valence-corrected chi connectivity index (χ1v) is 6.38. The predicted molar refractivity (Wildman–Crippen MR) is 78.0 cm³/mol. The fraction of sp³-hybridized carbons (Fsp3) is 0.188. The van der Waals surface area contributed by atoms with Gasteiger partial charge in [0, 0.05) is 11.3 Å². The first-order valence-electron chi connectivity index (χ1n) is 6.38. The number of ether oxygens (including phenoxy) is 1. The summed E-state index contributed by atoms with van der Waals surface area (Å²) in [4.78, 5) is 11.8. The van der Waals surface area contributed by atoms with E-state index in [0.717, 1.165) is 0 Å².